The quantitative estimate of drug-likeness (QED) is 0.573. The Morgan fingerprint density at radius 1 is 1.16 bits per heavy atom. The summed E-state index contributed by atoms with van der Waals surface area (Å²) in [4.78, 5) is 31.5. The number of hydrogen-bond donors (Lipinski definition) is 1. The minimum Gasteiger partial charge on any atom is -0.337 e. The smallest absolute Gasteiger partial charge is 0.325 e. The number of aryl methyl sites for hydroxylation is 1. The first kappa shape index (κ1) is 20.7. The summed E-state index contributed by atoms with van der Waals surface area (Å²) in [5.41, 5.74) is 0.593. The highest BCUT2D eigenvalue weighted by Gasteiger charge is 2.52. The van der Waals surface area contributed by atoms with E-state index in [4.69, 9.17) is 4.52 Å². The zero-order chi connectivity index (χ0) is 22.0. The second-order valence-electron chi connectivity index (χ2n) is 7.67. The van der Waals surface area contributed by atoms with Crippen LogP contribution in [0.25, 0.3) is 11.4 Å². The molecule has 4 rings (SSSR count). The van der Waals surface area contributed by atoms with Crippen LogP contribution in [0.2, 0.25) is 0 Å². The van der Waals surface area contributed by atoms with Crippen LogP contribution in [-0.2, 0) is 16.9 Å². The van der Waals surface area contributed by atoms with Gasteiger partial charge in [0.15, 0.2) is 0 Å². The van der Waals surface area contributed by atoms with E-state index in [1.54, 1.807) is 19.1 Å². The fraction of sp³-hybridized carbons (Fsp3) is 0.304. The highest BCUT2D eigenvalue weighted by atomic mass is 19.1. The van der Waals surface area contributed by atoms with Gasteiger partial charge >= 0.3 is 6.03 Å². The van der Waals surface area contributed by atoms with E-state index in [0.29, 0.717) is 17.5 Å². The van der Waals surface area contributed by atoms with Gasteiger partial charge in [0.25, 0.3) is 5.91 Å². The molecule has 1 atom stereocenters. The van der Waals surface area contributed by atoms with Crippen molar-refractivity contribution >= 4 is 11.9 Å². The van der Waals surface area contributed by atoms with Crippen LogP contribution >= 0.6 is 0 Å². The summed E-state index contributed by atoms with van der Waals surface area (Å²) in [5.74, 6) is -0.431. The molecule has 0 aliphatic carbocycles. The first-order valence-electron chi connectivity index (χ1n) is 10.2. The Hall–Kier alpha value is -3.55. The molecule has 1 unspecified atom stereocenters. The zero-order valence-corrected chi connectivity index (χ0v) is 17.4. The van der Waals surface area contributed by atoms with Crippen molar-refractivity contribution in [1.82, 2.24) is 20.4 Å². The van der Waals surface area contributed by atoms with E-state index < -0.39 is 11.6 Å². The average Bonchev–Trinajstić information content (AvgIpc) is 3.34. The maximum atomic E-state index is 13.9. The third-order valence-electron chi connectivity index (χ3n) is 5.54. The van der Waals surface area contributed by atoms with Gasteiger partial charge in [-0.05, 0) is 30.5 Å². The number of nitrogens with one attached hydrogen (secondary N) is 1. The Morgan fingerprint density at radius 2 is 1.94 bits per heavy atom. The SMILES string of the molecule is CCCCC1(c2ccccc2)NC(=O)N(Cc2nc(-c3ccc(C)c(F)c3)no2)C1=O. The van der Waals surface area contributed by atoms with Gasteiger partial charge in [0.1, 0.15) is 17.9 Å². The van der Waals surface area contributed by atoms with Gasteiger partial charge in [-0.15, -0.1) is 0 Å². The molecule has 0 spiro atoms. The number of carbonyl (C=O) groups is 2. The number of unbranched alkanes of at least 4 members (excludes halogenated alkanes) is 1. The molecule has 1 saturated heterocycles. The number of imide groups is 1. The molecule has 1 aliphatic rings. The van der Waals surface area contributed by atoms with Crippen molar-refractivity contribution < 1.29 is 18.5 Å². The van der Waals surface area contributed by atoms with Crippen LogP contribution < -0.4 is 5.32 Å². The van der Waals surface area contributed by atoms with E-state index in [-0.39, 0.29) is 30.0 Å². The molecule has 3 aromatic rings. The maximum Gasteiger partial charge on any atom is 0.325 e. The van der Waals surface area contributed by atoms with Crippen LogP contribution in [0, 0.1) is 12.7 Å². The number of benzene rings is 2. The molecular formula is C23H23FN4O3. The minimum atomic E-state index is -1.11. The van der Waals surface area contributed by atoms with Crippen LogP contribution in [0.4, 0.5) is 9.18 Å². The predicted octanol–water partition coefficient (Wildman–Crippen LogP) is 4.32. The standard InChI is InChI=1S/C23H23FN4O3/c1-3-4-12-23(17-8-6-5-7-9-17)21(29)28(22(30)26-23)14-19-25-20(27-31-19)16-11-10-15(2)18(24)13-16/h5-11,13H,3-4,12,14H2,1-2H3,(H,26,30). The molecule has 3 amide bonds. The average molecular weight is 422 g/mol. The Balaban J connectivity index is 1.59. The summed E-state index contributed by atoms with van der Waals surface area (Å²) in [6.45, 7) is 3.54. The summed E-state index contributed by atoms with van der Waals surface area (Å²) in [6.07, 6.45) is 2.16. The lowest BCUT2D eigenvalue weighted by Gasteiger charge is -2.27. The van der Waals surface area contributed by atoms with Crippen LogP contribution in [0.1, 0.15) is 43.2 Å². The summed E-state index contributed by atoms with van der Waals surface area (Å²) in [6, 6.07) is 13.4. The highest BCUT2D eigenvalue weighted by molar-refractivity contribution is 6.07. The second kappa shape index (κ2) is 8.29. The Morgan fingerprint density at radius 3 is 2.65 bits per heavy atom. The van der Waals surface area contributed by atoms with Crippen molar-refractivity contribution in [1.29, 1.82) is 0 Å². The molecule has 0 radical (unpaired) electrons. The van der Waals surface area contributed by atoms with Gasteiger partial charge in [-0.1, -0.05) is 67.4 Å². The molecule has 2 aromatic carbocycles. The number of amides is 3. The molecule has 1 aliphatic heterocycles. The monoisotopic (exact) mass is 422 g/mol. The van der Waals surface area contributed by atoms with Crippen molar-refractivity contribution in [3.63, 3.8) is 0 Å². The van der Waals surface area contributed by atoms with Crippen LogP contribution in [0.5, 0.6) is 0 Å². The Bertz CT molecular complexity index is 1120. The van der Waals surface area contributed by atoms with Crippen molar-refractivity contribution in [2.24, 2.45) is 0 Å². The number of rotatable bonds is 7. The number of hydrogen-bond acceptors (Lipinski definition) is 5. The molecular weight excluding hydrogens is 399 g/mol. The summed E-state index contributed by atoms with van der Waals surface area (Å²) in [7, 11) is 0. The number of urea groups is 1. The molecule has 2 heterocycles. The van der Waals surface area contributed by atoms with Crippen molar-refractivity contribution in [3.8, 4) is 11.4 Å². The van der Waals surface area contributed by atoms with Gasteiger partial charge in [0.05, 0.1) is 0 Å². The van der Waals surface area contributed by atoms with E-state index >= 15 is 0 Å². The predicted molar refractivity (Wildman–Crippen MR) is 111 cm³/mol. The van der Waals surface area contributed by atoms with Crippen LogP contribution in [-0.4, -0.2) is 27.0 Å². The normalized spacial score (nSPS) is 18.5. The third-order valence-corrected chi connectivity index (χ3v) is 5.54. The second-order valence-corrected chi connectivity index (χ2v) is 7.67. The number of halogens is 1. The molecule has 31 heavy (non-hydrogen) atoms. The van der Waals surface area contributed by atoms with Gasteiger partial charge in [-0.25, -0.2) is 9.18 Å². The van der Waals surface area contributed by atoms with Gasteiger partial charge in [-0.3, -0.25) is 9.69 Å². The van der Waals surface area contributed by atoms with E-state index in [1.807, 2.05) is 37.3 Å². The van der Waals surface area contributed by atoms with Crippen molar-refractivity contribution in [2.45, 2.75) is 45.2 Å². The number of aromatic nitrogens is 2. The highest BCUT2D eigenvalue weighted by Crippen LogP contribution is 2.35. The summed E-state index contributed by atoms with van der Waals surface area (Å²) >= 11 is 0. The number of carbonyl (C=O) groups excluding carboxylic acids is 2. The fourth-order valence-corrected chi connectivity index (χ4v) is 3.75. The van der Waals surface area contributed by atoms with Gasteiger partial charge < -0.3 is 9.84 Å². The number of nitrogens with zero attached hydrogens (tertiary/aromatic N) is 3. The van der Waals surface area contributed by atoms with E-state index in [9.17, 15) is 14.0 Å². The first-order valence-corrected chi connectivity index (χ1v) is 10.2. The first-order chi connectivity index (χ1) is 14.9. The van der Waals surface area contributed by atoms with E-state index in [2.05, 4.69) is 15.5 Å². The Labute approximate surface area is 179 Å². The lowest BCUT2D eigenvalue weighted by Crippen LogP contribution is -2.44. The molecule has 1 aromatic heterocycles. The van der Waals surface area contributed by atoms with E-state index in [1.165, 1.54) is 6.07 Å². The fourth-order valence-electron chi connectivity index (χ4n) is 3.75. The van der Waals surface area contributed by atoms with E-state index in [0.717, 1.165) is 23.3 Å². The minimum absolute atomic E-state index is 0.0961. The lowest BCUT2D eigenvalue weighted by atomic mass is 9.85. The lowest BCUT2D eigenvalue weighted by molar-refractivity contribution is -0.132. The molecule has 160 valence electrons. The van der Waals surface area contributed by atoms with Gasteiger partial charge in [0.2, 0.25) is 11.7 Å². The topological polar surface area (TPSA) is 88.3 Å². The molecule has 0 saturated carbocycles. The molecule has 1 N–H and O–H groups in total. The van der Waals surface area contributed by atoms with Crippen LogP contribution in [0.15, 0.2) is 53.1 Å². The van der Waals surface area contributed by atoms with Crippen molar-refractivity contribution in [2.75, 3.05) is 0 Å². The van der Waals surface area contributed by atoms with Crippen molar-refractivity contribution in [3.05, 3.63) is 71.4 Å². The molecule has 7 nitrogen and oxygen atoms in total. The maximum absolute atomic E-state index is 13.9. The van der Waals surface area contributed by atoms with Gasteiger partial charge in [0, 0.05) is 5.56 Å². The molecule has 0 bridgehead atoms. The largest absolute Gasteiger partial charge is 0.337 e. The Kier molecular flexibility index (Phi) is 5.54. The van der Waals surface area contributed by atoms with Gasteiger partial charge in [-0.2, -0.15) is 4.98 Å². The summed E-state index contributed by atoms with van der Waals surface area (Å²) < 4.78 is 19.1. The molecule has 1 fully saturated rings. The third kappa shape index (κ3) is 3.81. The van der Waals surface area contributed by atoms with Crippen LogP contribution in [0.3, 0.4) is 0 Å². The molecule has 8 heteroatoms. The zero-order valence-electron chi connectivity index (χ0n) is 17.4. The summed E-state index contributed by atoms with van der Waals surface area (Å²) in [5, 5.41) is 6.76.